The van der Waals surface area contributed by atoms with Crippen molar-refractivity contribution in [2.75, 3.05) is 0 Å². The monoisotopic (exact) mass is 213 g/mol. The Bertz CT molecular complexity index is 452. The minimum Gasteiger partial charge on any atom is -0.366 e. The fourth-order valence-electron chi connectivity index (χ4n) is 3.13. The molecular formula is C14H15NO. The van der Waals surface area contributed by atoms with Crippen LogP contribution < -0.4 is 0 Å². The van der Waals surface area contributed by atoms with Gasteiger partial charge < -0.3 is 4.74 Å². The number of ether oxygens (including phenoxy) is 1. The van der Waals surface area contributed by atoms with E-state index in [0.29, 0.717) is 13.0 Å². The quantitative estimate of drug-likeness (QED) is 0.718. The van der Waals surface area contributed by atoms with Crippen LogP contribution in [0.25, 0.3) is 0 Å². The van der Waals surface area contributed by atoms with E-state index in [9.17, 15) is 0 Å². The zero-order valence-electron chi connectivity index (χ0n) is 9.33. The standard InChI is InChI=1S/C14H15NO/c15-9-6-11-4-3-5-13-12(11)10-16-14(13)7-1-2-8-14/h3-5H,1-2,6-8,10H2. The second-order valence-electron chi connectivity index (χ2n) is 4.77. The van der Waals surface area contributed by atoms with Crippen LogP contribution in [-0.2, 0) is 23.4 Å². The lowest BCUT2D eigenvalue weighted by Crippen LogP contribution is -2.20. The maximum absolute atomic E-state index is 8.82. The van der Waals surface area contributed by atoms with Crippen LogP contribution in [0.5, 0.6) is 0 Å². The van der Waals surface area contributed by atoms with E-state index in [2.05, 4.69) is 24.3 Å². The average Bonchev–Trinajstić information content (AvgIpc) is 2.91. The molecule has 0 unspecified atom stereocenters. The van der Waals surface area contributed by atoms with E-state index in [-0.39, 0.29) is 5.60 Å². The third kappa shape index (κ3) is 1.28. The van der Waals surface area contributed by atoms with Crippen molar-refractivity contribution in [3.63, 3.8) is 0 Å². The van der Waals surface area contributed by atoms with Gasteiger partial charge in [-0.1, -0.05) is 31.0 Å². The first kappa shape index (κ1) is 9.86. The van der Waals surface area contributed by atoms with Crippen molar-refractivity contribution < 1.29 is 4.74 Å². The summed E-state index contributed by atoms with van der Waals surface area (Å²) in [6.45, 7) is 0.702. The van der Waals surface area contributed by atoms with Crippen molar-refractivity contribution in [1.29, 1.82) is 5.26 Å². The van der Waals surface area contributed by atoms with E-state index in [1.807, 2.05) is 0 Å². The van der Waals surface area contributed by atoms with E-state index in [0.717, 1.165) is 18.4 Å². The van der Waals surface area contributed by atoms with Crippen LogP contribution in [0.15, 0.2) is 18.2 Å². The van der Waals surface area contributed by atoms with Gasteiger partial charge in [-0.05, 0) is 29.5 Å². The second-order valence-corrected chi connectivity index (χ2v) is 4.77. The number of benzene rings is 1. The highest BCUT2D eigenvalue weighted by atomic mass is 16.5. The van der Waals surface area contributed by atoms with Gasteiger partial charge in [-0.3, -0.25) is 0 Å². The van der Waals surface area contributed by atoms with E-state index in [1.54, 1.807) is 0 Å². The molecule has 1 fully saturated rings. The smallest absolute Gasteiger partial charge is 0.0939 e. The highest BCUT2D eigenvalue weighted by molar-refractivity contribution is 5.42. The summed E-state index contributed by atoms with van der Waals surface area (Å²) in [7, 11) is 0. The molecule has 1 heterocycles. The molecule has 3 rings (SSSR count). The van der Waals surface area contributed by atoms with Gasteiger partial charge in [0.2, 0.25) is 0 Å². The van der Waals surface area contributed by atoms with Gasteiger partial charge >= 0.3 is 0 Å². The van der Waals surface area contributed by atoms with Gasteiger partial charge in [0, 0.05) is 0 Å². The molecule has 0 N–H and O–H groups in total. The van der Waals surface area contributed by atoms with E-state index < -0.39 is 0 Å². The van der Waals surface area contributed by atoms with Gasteiger partial charge in [-0.15, -0.1) is 0 Å². The predicted octanol–water partition coefficient (Wildman–Crippen LogP) is 3.05. The summed E-state index contributed by atoms with van der Waals surface area (Å²) >= 11 is 0. The summed E-state index contributed by atoms with van der Waals surface area (Å²) in [6, 6.07) is 8.55. The molecule has 0 aromatic heterocycles. The van der Waals surface area contributed by atoms with E-state index >= 15 is 0 Å². The molecule has 16 heavy (non-hydrogen) atoms. The number of hydrogen-bond donors (Lipinski definition) is 0. The van der Waals surface area contributed by atoms with Gasteiger partial charge in [-0.2, -0.15) is 5.26 Å². The fourth-order valence-corrected chi connectivity index (χ4v) is 3.13. The summed E-state index contributed by atoms with van der Waals surface area (Å²) in [5.74, 6) is 0. The van der Waals surface area contributed by atoms with Crippen LogP contribution >= 0.6 is 0 Å². The molecule has 2 nitrogen and oxygen atoms in total. The number of rotatable bonds is 1. The molecule has 1 aromatic rings. The second kappa shape index (κ2) is 3.61. The Morgan fingerprint density at radius 3 is 2.88 bits per heavy atom. The number of nitrogens with zero attached hydrogens (tertiary/aromatic N) is 1. The van der Waals surface area contributed by atoms with Crippen LogP contribution in [0.1, 0.15) is 42.4 Å². The predicted molar refractivity (Wildman–Crippen MR) is 60.7 cm³/mol. The van der Waals surface area contributed by atoms with Gasteiger partial charge in [0.05, 0.1) is 24.7 Å². The lowest BCUT2D eigenvalue weighted by molar-refractivity contribution is -0.0325. The third-order valence-electron chi connectivity index (χ3n) is 3.94. The molecule has 0 bridgehead atoms. The Kier molecular flexibility index (Phi) is 2.22. The molecule has 82 valence electrons. The molecule has 1 aliphatic heterocycles. The lowest BCUT2D eigenvalue weighted by Gasteiger charge is -2.23. The van der Waals surface area contributed by atoms with E-state index in [4.69, 9.17) is 10.00 Å². The van der Waals surface area contributed by atoms with Crippen LogP contribution in [-0.4, -0.2) is 0 Å². The molecule has 0 radical (unpaired) electrons. The summed E-state index contributed by atoms with van der Waals surface area (Å²) in [4.78, 5) is 0. The number of hydrogen-bond acceptors (Lipinski definition) is 2. The molecule has 0 saturated heterocycles. The van der Waals surface area contributed by atoms with Crippen molar-refractivity contribution in [2.45, 2.75) is 44.3 Å². The van der Waals surface area contributed by atoms with Crippen molar-refractivity contribution in [1.82, 2.24) is 0 Å². The van der Waals surface area contributed by atoms with Crippen LogP contribution in [0.4, 0.5) is 0 Å². The topological polar surface area (TPSA) is 33.0 Å². The molecule has 1 saturated carbocycles. The molecule has 1 aromatic carbocycles. The summed E-state index contributed by atoms with van der Waals surface area (Å²) < 4.78 is 6.05. The molecule has 2 heteroatoms. The first-order chi connectivity index (χ1) is 7.86. The lowest BCUT2D eigenvalue weighted by atomic mass is 9.88. The largest absolute Gasteiger partial charge is 0.366 e. The van der Waals surface area contributed by atoms with Gasteiger partial charge in [0.1, 0.15) is 0 Å². The van der Waals surface area contributed by atoms with Gasteiger partial charge in [0.15, 0.2) is 0 Å². The highest BCUT2D eigenvalue weighted by Gasteiger charge is 2.42. The Morgan fingerprint density at radius 1 is 1.31 bits per heavy atom. The van der Waals surface area contributed by atoms with Gasteiger partial charge in [-0.25, -0.2) is 0 Å². The first-order valence-corrected chi connectivity index (χ1v) is 5.98. The summed E-state index contributed by atoms with van der Waals surface area (Å²) in [5, 5.41) is 8.82. The molecule has 0 amide bonds. The molecular weight excluding hydrogens is 198 g/mol. The Hall–Kier alpha value is -1.33. The number of nitriles is 1. The third-order valence-corrected chi connectivity index (χ3v) is 3.94. The molecule has 1 spiro atoms. The van der Waals surface area contributed by atoms with Gasteiger partial charge in [0.25, 0.3) is 0 Å². The normalized spacial score (nSPS) is 20.9. The average molecular weight is 213 g/mol. The summed E-state index contributed by atoms with van der Waals surface area (Å²) in [5.41, 5.74) is 3.80. The maximum Gasteiger partial charge on any atom is 0.0939 e. The fraction of sp³-hybridized carbons (Fsp3) is 0.500. The van der Waals surface area contributed by atoms with Crippen molar-refractivity contribution in [2.24, 2.45) is 0 Å². The zero-order chi connectivity index (χ0) is 11.0. The Morgan fingerprint density at radius 2 is 2.12 bits per heavy atom. The molecule has 0 atom stereocenters. The first-order valence-electron chi connectivity index (χ1n) is 5.98. The summed E-state index contributed by atoms with van der Waals surface area (Å²) in [6.07, 6.45) is 5.33. The Balaban J connectivity index is 2.07. The van der Waals surface area contributed by atoms with Crippen LogP contribution in [0.3, 0.4) is 0 Å². The highest BCUT2D eigenvalue weighted by Crippen LogP contribution is 2.48. The Labute approximate surface area is 95.8 Å². The molecule has 1 aliphatic carbocycles. The SMILES string of the molecule is N#CCc1cccc2c1COC21CCCC1. The van der Waals surface area contributed by atoms with Crippen LogP contribution in [0.2, 0.25) is 0 Å². The zero-order valence-corrected chi connectivity index (χ0v) is 9.33. The number of fused-ring (bicyclic) bond motifs is 2. The molecule has 2 aliphatic rings. The van der Waals surface area contributed by atoms with Crippen molar-refractivity contribution in [3.8, 4) is 6.07 Å². The maximum atomic E-state index is 8.82. The van der Waals surface area contributed by atoms with Crippen molar-refractivity contribution in [3.05, 3.63) is 34.9 Å². The minimum absolute atomic E-state index is 0.000793. The van der Waals surface area contributed by atoms with Crippen LogP contribution in [0, 0.1) is 11.3 Å². The van der Waals surface area contributed by atoms with E-state index in [1.165, 1.54) is 24.0 Å². The minimum atomic E-state index is 0.000793. The van der Waals surface area contributed by atoms with Crippen molar-refractivity contribution >= 4 is 0 Å².